The van der Waals surface area contributed by atoms with E-state index in [0.29, 0.717) is 19.6 Å². The SMILES string of the molecule is C#CCN1CCN(C(=O)CC(C)(C)CC(=O)O)CC1. The zero-order chi connectivity index (χ0) is 14.5. The Morgan fingerprint density at radius 1 is 1.21 bits per heavy atom. The monoisotopic (exact) mass is 266 g/mol. The van der Waals surface area contributed by atoms with Gasteiger partial charge in [0.2, 0.25) is 5.91 Å². The normalized spacial score (nSPS) is 17.0. The van der Waals surface area contributed by atoms with Crippen molar-refractivity contribution in [1.29, 1.82) is 0 Å². The van der Waals surface area contributed by atoms with Crippen LogP contribution in [0.3, 0.4) is 0 Å². The number of piperazine rings is 1. The van der Waals surface area contributed by atoms with E-state index in [1.54, 1.807) is 4.90 Å². The van der Waals surface area contributed by atoms with Gasteiger partial charge in [-0.15, -0.1) is 6.42 Å². The fourth-order valence-electron chi connectivity index (χ4n) is 2.28. The number of carboxylic acid groups (broad SMARTS) is 1. The molecule has 1 aliphatic rings. The van der Waals surface area contributed by atoms with Gasteiger partial charge >= 0.3 is 5.97 Å². The Kier molecular flexibility index (Phi) is 5.37. The van der Waals surface area contributed by atoms with Crippen LogP contribution in [0.15, 0.2) is 0 Å². The van der Waals surface area contributed by atoms with Crippen molar-refractivity contribution in [1.82, 2.24) is 9.80 Å². The summed E-state index contributed by atoms with van der Waals surface area (Å²) in [6.45, 7) is 7.16. The zero-order valence-electron chi connectivity index (χ0n) is 11.7. The third kappa shape index (κ3) is 5.31. The zero-order valence-corrected chi connectivity index (χ0v) is 11.7. The third-order valence-electron chi connectivity index (χ3n) is 3.30. The summed E-state index contributed by atoms with van der Waals surface area (Å²) >= 11 is 0. The van der Waals surface area contributed by atoms with E-state index in [1.165, 1.54) is 0 Å². The van der Waals surface area contributed by atoms with Crippen LogP contribution in [0.25, 0.3) is 0 Å². The molecule has 5 nitrogen and oxygen atoms in total. The molecule has 0 aromatic heterocycles. The highest BCUT2D eigenvalue weighted by Crippen LogP contribution is 2.26. The molecule has 1 heterocycles. The Labute approximate surface area is 114 Å². The average molecular weight is 266 g/mol. The number of carboxylic acids is 1. The maximum atomic E-state index is 12.1. The summed E-state index contributed by atoms with van der Waals surface area (Å²) in [6, 6.07) is 0. The number of aliphatic carboxylic acids is 1. The minimum absolute atomic E-state index is 0.00972. The lowest BCUT2D eigenvalue weighted by Gasteiger charge is -2.35. The fourth-order valence-corrected chi connectivity index (χ4v) is 2.28. The Bertz CT molecular complexity index is 377. The van der Waals surface area contributed by atoms with Gasteiger partial charge in [-0.05, 0) is 5.41 Å². The van der Waals surface area contributed by atoms with Gasteiger partial charge < -0.3 is 10.0 Å². The van der Waals surface area contributed by atoms with Crippen molar-refractivity contribution in [3.63, 3.8) is 0 Å². The molecule has 0 spiro atoms. The number of rotatable bonds is 5. The van der Waals surface area contributed by atoms with Crippen LogP contribution >= 0.6 is 0 Å². The Balaban J connectivity index is 2.43. The quantitative estimate of drug-likeness (QED) is 0.742. The van der Waals surface area contributed by atoms with Gasteiger partial charge in [-0.2, -0.15) is 0 Å². The molecule has 19 heavy (non-hydrogen) atoms. The molecular weight excluding hydrogens is 244 g/mol. The topological polar surface area (TPSA) is 60.9 Å². The van der Waals surface area contributed by atoms with Gasteiger partial charge in [0.15, 0.2) is 0 Å². The van der Waals surface area contributed by atoms with E-state index in [-0.39, 0.29) is 18.7 Å². The molecule has 1 aliphatic heterocycles. The molecule has 0 aliphatic carbocycles. The first-order valence-electron chi connectivity index (χ1n) is 6.49. The molecule has 0 radical (unpaired) electrons. The van der Waals surface area contributed by atoms with Crippen LogP contribution in [0.2, 0.25) is 0 Å². The van der Waals surface area contributed by atoms with Crippen molar-refractivity contribution in [2.75, 3.05) is 32.7 Å². The van der Waals surface area contributed by atoms with Crippen LogP contribution in [0.5, 0.6) is 0 Å². The molecular formula is C14H22N2O3. The Morgan fingerprint density at radius 2 is 1.79 bits per heavy atom. The van der Waals surface area contributed by atoms with Crippen LogP contribution in [-0.2, 0) is 9.59 Å². The molecule has 0 bridgehead atoms. The largest absolute Gasteiger partial charge is 0.481 e. The number of carbonyl (C=O) groups is 2. The maximum absolute atomic E-state index is 12.1. The van der Waals surface area contributed by atoms with Crippen molar-refractivity contribution in [2.45, 2.75) is 26.7 Å². The first-order chi connectivity index (χ1) is 8.84. The van der Waals surface area contributed by atoms with Gasteiger partial charge in [0.25, 0.3) is 0 Å². The van der Waals surface area contributed by atoms with Gasteiger partial charge in [-0.25, -0.2) is 0 Å². The van der Waals surface area contributed by atoms with E-state index in [9.17, 15) is 9.59 Å². The molecule has 0 unspecified atom stereocenters. The van der Waals surface area contributed by atoms with E-state index in [1.807, 2.05) is 13.8 Å². The van der Waals surface area contributed by atoms with Gasteiger partial charge in [0, 0.05) is 32.6 Å². The number of terminal acetylenes is 1. The lowest BCUT2D eigenvalue weighted by Crippen LogP contribution is -2.49. The Morgan fingerprint density at radius 3 is 2.26 bits per heavy atom. The summed E-state index contributed by atoms with van der Waals surface area (Å²) < 4.78 is 0. The molecule has 0 saturated carbocycles. The Hall–Kier alpha value is -1.54. The fraction of sp³-hybridized carbons (Fsp3) is 0.714. The van der Waals surface area contributed by atoms with E-state index in [4.69, 9.17) is 11.5 Å². The second-order valence-corrected chi connectivity index (χ2v) is 5.77. The second-order valence-electron chi connectivity index (χ2n) is 5.77. The third-order valence-corrected chi connectivity index (χ3v) is 3.30. The summed E-state index contributed by atoms with van der Waals surface area (Å²) in [7, 11) is 0. The molecule has 1 amide bonds. The number of carbonyl (C=O) groups excluding carboxylic acids is 1. The van der Waals surface area contributed by atoms with Crippen molar-refractivity contribution in [3.05, 3.63) is 0 Å². The van der Waals surface area contributed by atoms with E-state index in [2.05, 4.69) is 10.8 Å². The first-order valence-corrected chi connectivity index (χ1v) is 6.49. The number of amides is 1. The molecule has 5 heteroatoms. The van der Waals surface area contributed by atoms with Crippen molar-refractivity contribution in [2.24, 2.45) is 5.41 Å². The van der Waals surface area contributed by atoms with Gasteiger partial charge in [-0.1, -0.05) is 19.8 Å². The average Bonchev–Trinajstić information content (AvgIpc) is 2.27. The van der Waals surface area contributed by atoms with Gasteiger partial charge in [-0.3, -0.25) is 14.5 Å². The standard InChI is InChI=1S/C14H22N2O3/c1-4-5-15-6-8-16(9-7-15)12(17)10-14(2,3)11-13(18)19/h1H,5-11H2,2-3H3,(H,18,19). The number of hydrogen-bond acceptors (Lipinski definition) is 3. The van der Waals surface area contributed by atoms with Crippen LogP contribution in [-0.4, -0.2) is 59.5 Å². The van der Waals surface area contributed by atoms with Crippen molar-refractivity contribution >= 4 is 11.9 Å². The maximum Gasteiger partial charge on any atom is 0.303 e. The van der Waals surface area contributed by atoms with E-state index < -0.39 is 11.4 Å². The molecule has 1 rings (SSSR count). The van der Waals surface area contributed by atoms with Crippen molar-refractivity contribution in [3.8, 4) is 12.3 Å². The van der Waals surface area contributed by atoms with Crippen LogP contribution < -0.4 is 0 Å². The van der Waals surface area contributed by atoms with Crippen LogP contribution in [0, 0.1) is 17.8 Å². The molecule has 0 aromatic carbocycles. The lowest BCUT2D eigenvalue weighted by atomic mass is 9.85. The predicted octanol–water partition coefficient (Wildman–Crippen LogP) is 0.655. The summed E-state index contributed by atoms with van der Waals surface area (Å²) in [4.78, 5) is 26.8. The highest BCUT2D eigenvalue weighted by atomic mass is 16.4. The number of hydrogen-bond donors (Lipinski definition) is 1. The second kappa shape index (κ2) is 6.58. The van der Waals surface area contributed by atoms with Crippen molar-refractivity contribution < 1.29 is 14.7 Å². The smallest absolute Gasteiger partial charge is 0.303 e. The van der Waals surface area contributed by atoms with Crippen LogP contribution in [0.4, 0.5) is 0 Å². The molecule has 1 saturated heterocycles. The first kappa shape index (κ1) is 15.5. The molecule has 1 N–H and O–H groups in total. The van der Waals surface area contributed by atoms with Crippen LogP contribution in [0.1, 0.15) is 26.7 Å². The summed E-state index contributed by atoms with van der Waals surface area (Å²) in [5.74, 6) is 1.77. The molecule has 0 aromatic rings. The minimum atomic E-state index is -0.864. The summed E-state index contributed by atoms with van der Waals surface area (Å²) in [5, 5.41) is 8.82. The van der Waals surface area contributed by atoms with Gasteiger partial charge in [0.1, 0.15) is 0 Å². The van der Waals surface area contributed by atoms with E-state index in [0.717, 1.165) is 13.1 Å². The minimum Gasteiger partial charge on any atom is -0.481 e. The lowest BCUT2D eigenvalue weighted by molar-refractivity contribution is -0.141. The summed E-state index contributed by atoms with van der Waals surface area (Å²) in [5.41, 5.74) is -0.501. The highest BCUT2D eigenvalue weighted by molar-refractivity contribution is 5.78. The highest BCUT2D eigenvalue weighted by Gasteiger charge is 2.29. The molecule has 0 atom stereocenters. The molecule has 106 valence electrons. The van der Waals surface area contributed by atoms with Gasteiger partial charge in [0.05, 0.1) is 13.0 Å². The predicted molar refractivity (Wildman–Crippen MR) is 72.5 cm³/mol. The summed E-state index contributed by atoms with van der Waals surface area (Å²) in [6.07, 6.45) is 5.54. The number of nitrogens with zero attached hydrogens (tertiary/aromatic N) is 2. The molecule has 1 fully saturated rings. The van der Waals surface area contributed by atoms with E-state index >= 15 is 0 Å².